The number of hydrogen-bond acceptors (Lipinski definition) is 6. The van der Waals surface area contributed by atoms with Crippen LogP contribution >= 0.6 is 11.6 Å². The summed E-state index contributed by atoms with van der Waals surface area (Å²) in [7, 11) is 0. The van der Waals surface area contributed by atoms with Crippen molar-refractivity contribution in [2.75, 3.05) is 0 Å². The topological polar surface area (TPSA) is 94.8 Å². The molecule has 0 unspecified atom stereocenters. The van der Waals surface area contributed by atoms with Crippen molar-refractivity contribution in [3.8, 4) is 5.75 Å². The van der Waals surface area contributed by atoms with E-state index in [0.29, 0.717) is 22.9 Å². The smallest absolute Gasteiger partial charge is 0.408 e. The van der Waals surface area contributed by atoms with Crippen molar-refractivity contribution < 1.29 is 23.5 Å². The Morgan fingerprint density at radius 2 is 1.49 bits per heavy atom. The quantitative estimate of drug-likeness (QED) is 0.124. The Kier molecular flexibility index (Phi) is 8.46. The summed E-state index contributed by atoms with van der Waals surface area (Å²) in [5.41, 5.74) is 3.25. The highest BCUT2D eigenvalue weighted by Gasteiger charge is 2.27. The minimum Gasteiger partial charge on any atom is -0.445 e. The van der Waals surface area contributed by atoms with Crippen LogP contribution in [0.4, 0.5) is 4.79 Å². The lowest BCUT2D eigenvalue weighted by molar-refractivity contribution is -0.136. The van der Waals surface area contributed by atoms with Crippen molar-refractivity contribution in [2.45, 2.75) is 26.0 Å². The van der Waals surface area contributed by atoms with E-state index in [9.17, 15) is 14.4 Å². The van der Waals surface area contributed by atoms with Gasteiger partial charge in [-0.25, -0.2) is 14.4 Å². The van der Waals surface area contributed by atoms with Gasteiger partial charge in [0.25, 0.3) is 0 Å². The SMILES string of the molecule is Cc1c(Cc2ccccc2)c(=O)oc2cc(OC(=O)[C@@H](NC(=O)OCc3ccccc3)c3ccccc3)c(Cl)cc12. The van der Waals surface area contributed by atoms with Crippen molar-refractivity contribution in [1.82, 2.24) is 5.32 Å². The second-order valence-corrected chi connectivity index (χ2v) is 9.81. The van der Waals surface area contributed by atoms with Crippen molar-refractivity contribution in [1.29, 1.82) is 0 Å². The fourth-order valence-electron chi connectivity index (χ4n) is 4.45. The van der Waals surface area contributed by atoms with E-state index in [1.54, 1.807) is 36.4 Å². The number of halogens is 1. The molecule has 0 spiro atoms. The third-order valence-corrected chi connectivity index (χ3v) is 6.91. The molecule has 1 atom stereocenters. The highest BCUT2D eigenvalue weighted by Crippen LogP contribution is 2.33. The van der Waals surface area contributed by atoms with Crippen LogP contribution in [0.3, 0.4) is 0 Å². The standard InChI is InChI=1S/C33H26ClNO6/c1-21-25-18-27(34)29(19-28(25)40-31(36)26(21)17-22-11-5-2-6-12-22)41-32(37)30(24-15-9-4-10-16-24)35-33(38)39-20-23-13-7-3-8-14-23/h2-16,18-19,30H,17,20H2,1H3,(H,35,38)/t30-/m0/s1. The molecule has 0 bridgehead atoms. The third kappa shape index (κ3) is 6.65. The summed E-state index contributed by atoms with van der Waals surface area (Å²) >= 11 is 6.54. The van der Waals surface area contributed by atoms with Gasteiger partial charge < -0.3 is 19.2 Å². The summed E-state index contributed by atoms with van der Waals surface area (Å²) in [5.74, 6) is -0.809. The van der Waals surface area contributed by atoms with Gasteiger partial charge in [-0.3, -0.25) is 0 Å². The first-order valence-corrected chi connectivity index (χ1v) is 13.3. The third-order valence-electron chi connectivity index (χ3n) is 6.62. The summed E-state index contributed by atoms with van der Waals surface area (Å²) < 4.78 is 16.6. The molecule has 7 nitrogen and oxygen atoms in total. The molecule has 0 saturated carbocycles. The van der Waals surface area contributed by atoms with Crippen LogP contribution in [0.5, 0.6) is 5.75 Å². The molecule has 0 aliphatic carbocycles. The minimum absolute atomic E-state index is 0.0112. The van der Waals surface area contributed by atoms with Gasteiger partial charge in [0.15, 0.2) is 11.8 Å². The van der Waals surface area contributed by atoms with Crippen LogP contribution in [-0.4, -0.2) is 12.1 Å². The Bertz CT molecular complexity index is 1740. The van der Waals surface area contributed by atoms with E-state index < -0.39 is 23.7 Å². The number of alkyl carbamates (subject to hydrolysis) is 1. The zero-order valence-electron chi connectivity index (χ0n) is 22.1. The number of hydrogen-bond donors (Lipinski definition) is 1. The number of esters is 1. The number of ether oxygens (including phenoxy) is 2. The lowest BCUT2D eigenvalue weighted by atomic mass is 9.99. The van der Waals surface area contributed by atoms with Crippen molar-refractivity contribution in [2.24, 2.45) is 0 Å². The molecule has 1 N–H and O–H groups in total. The Hall–Kier alpha value is -4.88. The van der Waals surface area contributed by atoms with Gasteiger partial charge in [-0.1, -0.05) is 103 Å². The monoisotopic (exact) mass is 567 g/mol. The van der Waals surface area contributed by atoms with Crippen LogP contribution in [0.15, 0.2) is 112 Å². The van der Waals surface area contributed by atoms with E-state index >= 15 is 0 Å². The van der Waals surface area contributed by atoms with E-state index in [4.69, 9.17) is 25.5 Å². The molecular weight excluding hydrogens is 542 g/mol. The summed E-state index contributed by atoms with van der Waals surface area (Å²) in [6, 6.07) is 29.2. The van der Waals surface area contributed by atoms with Crippen LogP contribution < -0.4 is 15.7 Å². The number of aryl methyl sites for hydroxylation is 1. The van der Waals surface area contributed by atoms with Gasteiger partial charge in [0.2, 0.25) is 0 Å². The largest absolute Gasteiger partial charge is 0.445 e. The van der Waals surface area contributed by atoms with E-state index in [-0.39, 0.29) is 23.0 Å². The van der Waals surface area contributed by atoms with Crippen LogP contribution in [0.2, 0.25) is 5.02 Å². The summed E-state index contributed by atoms with van der Waals surface area (Å²) in [5, 5.41) is 3.35. The first kappa shape index (κ1) is 27.7. The van der Waals surface area contributed by atoms with Crippen LogP contribution in [0.1, 0.15) is 33.9 Å². The Morgan fingerprint density at radius 3 is 2.15 bits per heavy atom. The Balaban J connectivity index is 1.38. The van der Waals surface area contributed by atoms with Gasteiger partial charge >= 0.3 is 17.7 Å². The molecule has 0 saturated heterocycles. The number of rotatable bonds is 8. The molecule has 206 valence electrons. The molecule has 8 heteroatoms. The normalized spacial score (nSPS) is 11.6. The van der Waals surface area contributed by atoms with Crippen molar-refractivity contribution in [3.05, 3.63) is 146 Å². The fourth-order valence-corrected chi connectivity index (χ4v) is 4.65. The molecule has 0 fully saturated rings. The zero-order chi connectivity index (χ0) is 28.8. The van der Waals surface area contributed by atoms with Crippen LogP contribution in [0.25, 0.3) is 11.0 Å². The molecule has 5 rings (SSSR count). The maximum Gasteiger partial charge on any atom is 0.408 e. The van der Waals surface area contributed by atoms with E-state index in [0.717, 1.165) is 16.7 Å². The summed E-state index contributed by atoms with van der Waals surface area (Å²) in [4.78, 5) is 38.9. The molecule has 5 aromatic rings. The number of nitrogens with one attached hydrogen (secondary N) is 1. The molecule has 1 heterocycles. The molecule has 0 radical (unpaired) electrons. The maximum atomic E-state index is 13.4. The van der Waals surface area contributed by atoms with Gasteiger partial charge in [0, 0.05) is 23.4 Å². The zero-order valence-corrected chi connectivity index (χ0v) is 22.9. The van der Waals surface area contributed by atoms with Crippen molar-refractivity contribution in [3.63, 3.8) is 0 Å². The number of carbonyl (C=O) groups is 2. The fraction of sp³-hybridized carbons (Fsp3) is 0.121. The first-order chi connectivity index (χ1) is 19.9. The van der Waals surface area contributed by atoms with E-state index in [1.807, 2.05) is 67.6 Å². The predicted molar refractivity (Wildman–Crippen MR) is 156 cm³/mol. The molecular formula is C33H26ClNO6. The van der Waals surface area contributed by atoms with Crippen molar-refractivity contribution >= 4 is 34.6 Å². The minimum atomic E-state index is -1.19. The average Bonchev–Trinajstić information content (AvgIpc) is 2.99. The molecule has 0 aliphatic rings. The molecule has 1 aromatic heterocycles. The summed E-state index contributed by atoms with van der Waals surface area (Å²) in [6.07, 6.45) is -0.388. The number of carbonyl (C=O) groups excluding carboxylic acids is 2. The predicted octanol–water partition coefficient (Wildman–Crippen LogP) is 6.92. The van der Waals surface area contributed by atoms with Gasteiger partial charge in [-0.2, -0.15) is 0 Å². The number of benzene rings is 4. The molecule has 0 aliphatic heterocycles. The average molecular weight is 568 g/mol. The lowest BCUT2D eigenvalue weighted by Crippen LogP contribution is -2.36. The maximum absolute atomic E-state index is 13.4. The first-order valence-electron chi connectivity index (χ1n) is 12.9. The van der Waals surface area contributed by atoms with Gasteiger partial charge in [-0.15, -0.1) is 0 Å². The Morgan fingerprint density at radius 1 is 0.878 bits per heavy atom. The van der Waals surface area contributed by atoms with E-state index in [2.05, 4.69) is 5.32 Å². The molecule has 41 heavy (non-hydrogen) atoms. The lowest BCUT2D eigenvalue weighted by Gasteiger charge is -2.18. The highest BCUT2D eigenvalue weighted by atomic mass is 35.5. The second kappa shape index (κ2) is 12.5. The molecule has 4 aromatic carbocycles. The van der Waals surface area contributed by atoms with Gasteiger partial charge in [0.1, 0.15) is 12.2 Å². The van der Waals surface area contributed by atoms with Crippen LogP contribution in [0, 0.1) is 6.92 Å². The number of fused-ring (bicyclic) bond motifs is 1. The van der Waals surface area contributed by atoms with E-state index in [1.165, 1.54) is 6.07 Å². The van der Waals surface area contributed by atoms with Crippen LogP contribution in [-0.2, 0) is 22.6 Å². The Labute approximate surface area is 241 Å². The summed E-state index contributed by atoms with van der Waals surface area (Å²) in [6.45, 7) is 1.86. The second-order valence-electron chi connectivity index (χ2n) is 9.41. The van der Waals surface area contributed by atoms with Gasteiger partial charge in [-0.05, 0) is 35.2 Å². The highest BCUT2D eigenvalue weighted by molar-refractivity contribution is 6.33. The molecule has 1 amide bonds. The number of amides is 1. The van der Waals surface area contributed by atoms with Gasteiger partial charge in [0.05, 0.1) is 5.02 Å².